The summed E-state index contributed by atoms with van der Waals surface area (Å²) in [6, 6.07) is 14.9. The monoisotopic (exact) mass is 309 g/mol. The number of benzene rings is 2. The number of phenolic OH excluding ortho intramolecular Hbond substituents is 1. The van der Waals surface area contributed by atoms with Crippen molar-refractivity contribution in [2.24, 2.45) is 0 Å². The Labute approximate surface area is 133 Å². The van der Waals surface area contributed by atoms with Gasteiger partial charge in [0.2, 0.25) is 0 Å². The molecule has 23 heavy (non-hydrogen) atoms. The van der Waals surface area contributed by atoms with Crippen LogP contribution in [0.2, 0.25) is 0 Å². The van der Waals surface area contributed by atoms with Gasteiger partial charge in [0.1, 0.15) is 23.1 Å². The predicted molar refractivity (Wildman–Crippen MR) is 87.0 cm³/mol. The van der Waals surface area contributed by atoms with E-state index in [1.807, 2.05) is 6.07 Å². The van der Waals surface area contributed by atoms with Crippen LogP contribution in [0.5, 0.6) is 11.5 Å². The molecule has 0 atom stereocenters. The van der Waals surface area contributed by atoms with Gasteiger partial charge in [-0.3, -0.25) is 4.79 Å². The van der Waals surface area contributed by atoms with E-state index >= 15 is 0 Å². The summed E-state index contributed by atoms with van der Waals surface area (Å²) in [4.78, 5) is 12.0. The van der Waals surface area contributed by atoms with Gasteiger partial charge in [0.15, 0.2) is 0 Å². The first-order chi connectivity index (χ1) is 11.1. The summed E-state index contributed by atoms with van der Waals surface area (Å²) in [5.41, 5.74) is 1.13. The lowest BCUT2D eigenvalue weighted by molar-refractivity contribution is -0.112. The highest BCUT2D eigenvalue weighted by Crippen LogP contribution is 2.16. The van der Waals surface area contributed by atoms with Crippen molar-refractivity contribution in [3.63, 3.8) is 0 Å². The summed E-state index contributed by atoms with van der Waals surface area (Å²) in [7, 11) is 1.57. The summed E-state index contributed by atoms with van der Waals surface area (Å²) in [5.74, 6) is 0.268. The molecule has 0 aromatic heterocycles. The van der Waals surface area contributed by atoms with Gasteiger partial charge >= 0.3 is 0 Å². The number of carbonyl (C=O) groups is 1. The summed E-state index contributed by atoms with van der Waals surface area (Å²) >= 11 is 0. The minimum atomic E-state index is -0.542. The standard InChI is InChI=1S/C17H15N3O3/c1-23-16-8-4-13(5-9-16)19-11-12(10-18)17(22)20-14-2-6-15(21)7-3-14/h2-9,11,19,21H,1H3,(H,20,22)/b12-11-. The molecule has 6 nitrogen and oxygen atoms in total. The van der Waals surface area contributed by atoms with Crippen molar-refractivity contribution >= 4 is 17.3 Å². The van der Waals surface area contributed by atoms with Crippen LogP contribution in [0, 0.1) is 11.3 Å². The van der Waals surface area contributed by atoms with Crippen LogP contribution in [0.15, 0.2) is 60.3 Å². The van der Waals surface area contributed by atoms with E-state index < -0.39 is 5.91 Å². The lowest BCUT2D eigenvalue weighted by atomic mass is 10.2. The molecule has 0 aliphatic rings. The molecular formula is C17H15N3O3. The molecule has 2 aromatic rings. The molecule has 0 aliphatic heterocycles. The Morgan fingerprint density at radius 2 is 1.74 bits per heavy atom. The highest BCUT2D eigenvalue weighted by molar-refractivity contribution is 6.06. The SMILES string of the molecule is COc1ccc(N/C=C(/C#N)C(=O)Nc2ccc(O)cc2)cc1. The Hall–Kier alpha value is -3.46. The van der Waals surface area contributed by atoms with E-state index in [9.17, 15) is 9.90 Å². The van der Waals surface area contributed by atoms with Gasteiger partial charge in [-0.25, -0.2) is 0 Å². The van der Waals surface area contributed by atoms with Gasteiger partial charge in [0.25, 0.3) is 5.91 Å². The summed E-state index contributed by atoms with van der Waals surface area (Å²) < 4.78 is 5.05. The second kappa shape index (κ2) is 7.52. The van der Waals surface area contributed by atoms with Crippen LogP contribution in [-0.2, 0) is 4.79 Å². The molecule has 0 saturated heterocycles. The van der Waals surface area contributed by atoms with Crippen molar-refractivity contribution in [1.82, 2.24) is 0 Å². The van der Waals surface area contributed by atoms with E-state index in [4.69, 9.17) is 10.00 Å². The lowest BCUT2D eigenvalue weighted by Gasteiger charge is -2.06. The Morgan fingerprint density at radius 3 is 2.30 bits per heavy atom. The number of anilines is 2. The van der Waals surface area contributed by atoms with Crippen molar-refractivity contribution in [2.45, 2.75) is 0 Å². The zero-order valence-corrected chi connectivity index (χ0v) is 12.4. The number of hydrogen-bond donors (Lipinski definition) is 3. The summed E-state index contributed by atoms with van der Waals surface area (Å²) in [5, 5.41) is 23.8. The van der Waals surface area contributed by atoms with E-state index in [1.54, 1.807) is 43.5 Å². The number of carbonyl (C=O) groups excluding carboxylic acids is 1. The topological polar surface area (TPSA) is 94.4 Å². The maximum Gasteiger partial charge on any atom is 0.267 e. The molecule has 6 heteroatoms. The number of amides is 1. The molecule has 0 spiro atoms. The molecule has 0 heterocycles. The highest BCUT2D eigenvalue weighted by atomic mass is 16.5. The van der Waals surface area contributed by atoms with E-state index in [1.165, 1.54) is 18.3 Å². The zero-order chi connectivity index (χ0) is 16.7. The molecule has 0 radical (unpaired) electrons. The normalized spacial score (nSPS) is 10.5. The van der Waals surface area contributed by atoms with Crippen LogP contribution in [0.1, 0.15) is 0 Å². The minimum absolute atomic E-state index is 0.0751. The Balaban J connectivity index is 2.03. The van der Waals surface area contributed by atoms with Crippen molar-refractivity contribution in [3.8, 4) is 17.6 Å². The fourth-order valence-corrected chi connectivity index (χ4v) is 1.73. The van der Waals surface area contributed by atoms with Gasteiger partial charge in [0, 0.05) is 17.6 Å². The van der Waals surface area contributed by atoms with Gasteiger partial charge in [-0.1, -0.05) is 0 Å². The fraction of sp³-hybridized carbons (Fsp3) is 0.0588. The molecule has 0 saturated carbocycles. The first kappa shape index (κ1) is 15.9. The third kappa shape index (κ3) is 4.51. The third-order valence-corrected chi connectivity index (χ3v) is 2.96. The Morgan fingerprint density at radius 1 is 1.13 bits per heavy atom. The molecule has 0 fully saturated rings. The maximum absolute atomic E-state index is 12.0. The van der Waals surface area contributed by atoms with E-state index in [0.717, 1.165) is 5.69 Å². The minimum Gasteiger partial charge on any atom is -0.508 e. The highest BCUT2D eigenvalue weighted by Gasteiger charge is 2.09. The number of ether oxygens (including phenoxy) is 1. The number of methoxy groups -OCH3 is 1. The van der Waals surface area contributed by atoms with Crippen molar-refractivity contribution in [1.29, 1.82) is 5.26 Å². The van der Waals surface area contributed by atoms with Crippen molar-refractivity contribution < 1.29 is 14.6 Å². The van der Waals surface area contributed by atoms with Crippen LogP contribution in [0.4, 0.5) is 11.4 Å². The van der Waals surface area contributed by atoms with E-state index in [-0.39, 0.29) is 11.3 Å². The molecule has 3 N–H and O–H groups in total. The molecule has 0 unspecified atom stereocenters. The molecule has 0 bridgehead atoms. The van der Waals surface area contributed by atoms with Crippen LogP contribution in [0.25, 0.3) is 0 Å². The van der Waals surface area contributed by atoms with Crippen molar-refractivity contribution in [3.05, 3.63) is 60.3 Å². The second-order valence-corrected chi connectivity index (χ2v) is 4.54. The average molecular weight is 309 g/mol. The van der Waals surface area contributed by atoms with Gasteiger partial charge < -0.3 is 20.5 Å². The number of aromatic hydroxyl groups is 1. The number of rotatable bonds is 5. The molecule has 1 amide bonds. The van der Waals surface area contributed by atoms with Crippen LogP contribution >= 0.6 is 0 Å². The molecule has 2 rings (SSSR count). The van der Waals surface area contributed by atoms with Crippen molar-refractivity contribution in [2.75, 3.05) is 17.7 Å². The van der Waals surface area contributed by atoms with Gasteiger partial charge in [-0.05, 0) is 48.5 Å². The van der Waals surface area contributed by atoms with Gasteiger partial charge in [-0.15, -0.1) is 0 Å². The maximum atomic E-state index is 12.0. The van der Waals surface area contributed by atoms with Crippen LogP contribution in [0.3, 0.4) is 0 Å². The summed E-state index contributed by atoms with van der Waals surface area (Å²) in [6.45, 7) is 0. The molecule has 116 valence electrons. The smallest absolute Gasteiger partial charge is 0.267 e. The summed E-state index contributed by atoms with van der Waals surface area (Å²) in [6.07, 6.45) is 1.33. The van der Waals surface area contributed by atoms with Crippen LogP contribution < -0.4 is 15.4 Å². The first-order valence-corrected chi connectivity index (χ1v) is 6.73. The molecule has 2 aromatic carbocycles. The number of phenols is 1. The van der Waals surface area contributed by atoms with Gasteiger partial charge in [-0.2, -0.15) is 5.26 Å². The largest absolute Gasteiger partial charge is 0.508 e. The number of nitriles is 1. The van der Waals surface area contributed by atoms with Crippen LogP contribution in [-0.4, -0.2) is 18.1 Å². The van der Waals surface area contributed by atoms with Gasteiger partial charge in [0.05, 0.1) is 7.11 Å². The average Bonchev–Trinajstić information content (AvgIpc) is 2.58. The number of nitrogens with zero attached hydrogens (tertiary/aromatic N) is 1. The predicted octanol–water partition coefficient (Wildman–Crippen LogP) is 2.86. The van der Waals surface area contributed by atoms with E-state index in [2.05, 4.69) is 10.6 Å². The Bertz CT molecular complexity index is 744. The first-order valence-electron chi connectivity index (χ1n) is 6.73. The van der Waals surface area contributed by atoms with E-state index in [0.29, 0.717) is 11.4 Å². The molecular weight excluding hydrogens is 294 g/mol. The zero-order valence-electron chi connectivity index (χ0n) is 12.4. The second-order valence-electron chi connectivity index (χ2n) is 4.54. The third-order valence-electron chi connectivity index (χ3n) is 2.96. The molecule has 0 aliphatic carbocycles. The quantitative estimate of drug-likeness (QED) is 0.448. The number of nitrogens with one attached hydrogen (secondary N) is 2. The number of hydrogen-bond acceptors (Lipinski definition) is 5. The Kier molecular flexibility index (Phi) is 5.21. The lowest BCUT2D eigenvalue weighted by Crippen LogP contribution is -2.14. The fourth-order valence-electron chi connectivity index (χ4n) is 1.73.